The summed E-state index contributed by atoms with van der Waals surface area (Å²) >= 11 is 3.21. The number of aromatic nitrogens is 4. The normalized spacial score (nSPS) is 14.1. The molecule has 0 bridgehead atoms. The zero-order chi connectivity index (χ0) is 18.6. The smallest absolute Gasteiger partial charge is 0.332 e. The van der Waals surface area contributed by atoms with Gasteiger partial charge in [-0.25, -0.2) is 9.18 Å². The number of nitrogens with zero attached hydrogens (tertiary/aromatic N) is 5. The third kappa shape index (κ3) is 2.49. The first-order valence-corrected chi connectivity index (χ1v) is 9.03. The maximum atomic E-state index is 13.5. The Morgan fingerprint density at radius 3 is 2.69 bits per heavy atom. The molecule has 0 amide bonds. The van der Waals surface area contributed by atoms with Gasteiger partial charge >= 0.3 is 5.69 Å². The Hall–Kier alpha value is -2.42. The van der Waals surface area contributed by atoms with Crippen molar-refractivity contribution < 1.29 is 4.39 Å². The Balaban J connectivity index is 1.85. The second-order valence-corrected chi connectivity index (χ2v) is 7.32. The highest BCUT2D eigenvalue weighted by molar-refractivity contribution is 9.10. The summed E-state index contributed by atoms with van der Waals surface area (Å²) in [4.78, 5) is 31.4. The van der Waals surface area contributed by atoms with E-state index in [0.29, 0.717) is 34.7 Å². The predicted molar refractivity (Wildman–Crippen MR) is 100.0 cm³/mol. The molecule has 0 unspecified atom stereocenters. The average Bonchev–Trinajstić information content (AvgIpc) is 3.02. The molecule has 0 spiro atoms. The molecular formula is C17H17BrFN5O2. The van der Waals surface area contributed by atoms with E-state index in [9.17, 15) is 14.0 Å². The van der Waals surface area contributed by atoms with Crippen LogP contribution >= 0.6 is 15.9 Å². The van der Waals surface area contributed by atoms with Gasteiger partial charge in [0, 0.05) is 33.7 Å². The standard InChI is InChI=1S/C17H17BrFN5O2/c1-21-14-13(15(25)22(2)17(21)26)24-7-3-6-23(16(24)20-14)9-10-4-5-12(19)11(18)8-10/h4-5,8H,3,6-7,9H2,1-2H3. The Kier molecular flexibility index (Phi) is 3.98. The van der Waals surface area contributed by atoms with Gasteiger partial charge in [0.1, 0.15) is 5.82 Å². The maximum Gasteiger partial charge on any atom is 0.332 e. The number of rotatable bonds is 2. The maximum absolute atomic E-state index is 13.5. The van der Waals surface area contributed by atoms with Crippen LogP contribution in [0.15, 0.2) is 32.3 Å². The first kappa shape index (κ1) is 17.0. The first-order valence-electron chi connectivity index (χ1n) is 8.23. The molecule has 0 N–H and O–H groups in total. The molecule has 9 heteroatoms. The highest BCUT2D eigenvalue weighted by atomic mass is 79.9. The number of hydrogen-bond donors (Lipinski definition) is 0. The average molecular weight is 422 g/mol. The number of aryl methyl sites for hydroxylation is 2. The minimum Gasteiger partial charge on any atom is -0.338 e. The summed E-state index contributed by atoms with van der Waals surface area (Å²) in [6.07, 6.45) is 0.854. The molecule has 7 nitrogen and oxygen atoms in total. The summed E-state index contributed by atoms with van der Waals surface area (Å²) in [5.41, 5.74) is 1.02. The molecule has 136 valence electrons. The number of imidazole rings is 1. The Bertz CT molecular complexity index is 1150. The van der Waals surface area contributed by atoms with E-state index in [4.69, 9.17) is 0 Å². The van der Waals surface area contributed by atoms with Crippen molar-refractivity contribution in [2.45, 2.75) is 19.5 Å². The van der Waals surface area contributed by atoms with Gasteiger partial charge in [-0.2, -0.15) is 4.98 Å². The third-order valence-electron chi connectivity index (χ3n) is 4.78. The monoisotopic (exact) mass is 421 g/mol. The lowest BCUT2D eigenvalue weighted by Gasteiger charge is -2.29. The molecule has 0 aliphatic carbocycles. The van der Waals surface area contributed by atoms with Gasteiger partial charge in [-0.05, 0) is 40.0 Å². The molecule has 0 radical (unpaired) electrons. The molecule has 1 aliphatic rings. The van der Waals surface area contributed by atoms with E-state index < -0.39 is 5.69 Å². The highest BCUT2D eigenvalue weighted by Crippen LogP contribution is 2.26. The van der Waals surface area contributed by atoms with Gasteiger partial charge in [0.2, 0.25) is 5.95 Å². The molecule has 3 aromatic rings. The van der Waals surface area contributed by atoms with Crippen LogP contribution in [0.5, 0.6) is 0 Å². The van der Waals surface area contributed by atoms with E-state index in [2.05, 4.69) is 20.9 Å². The SMILES string of the molecule is Cn1c(=O)c2c(nc3n2CCCN3Cc2ccc(F)c(Br)c2)n(C)c1=O. The second kappa shape index (κ2) is 6.08. The Morgan fingerprint density at radius 1 is 1.19 bits per heavy atom. The van der Waals surface area contributed by atoms with E-state index in [1.807, 2.05) is 9.47 Å². The zero-order valence-corrected chi connectivity index (χ0v) is 16.0. The quantitative estimate of drug-likeness (QED) is 0.632. The highest BCUT2D eigenvalue weighted by Gasteiger charge is 2.25. The number of benzene rings is 1. The predicted octanol–water partition coefficient (Wildman–Crippen LogP) is 1.75. The molecule has 4 rings (SSSR count). The minimum absolute atomic E-state index is 0.307. The van der Waals surface area contributed by atoms with Gasteiger partial charge in [-0.15, -0.1) is 0 Å². The van der Waals surface area contributed by atoms with E-state index in [1.54, 1.807) is 19.2 Å². The van der Waals surface area contributed by atoms with E-state index in [-0.39, 0.29) is 11.4 Å². The lowest BCUT2D eigenvalue weighted by Crippen LogP contribution is -2.38. The number of fused-ring (bicyclic) bond motifs is 3. The summed E-state index contributed by atoms with van der Waals surface area (Å²) in [6.45, 7) is 1.98. The number of halogens is 2. The molecule has 1 aliphatic heterocycles. The molecular weight excluding hydrogens is 405 g/mol. The van der Waals surface area contributed by atoms with Gasteiger partial charge in [-0.3, -0.25) is 13.9 Å². The molecule has 0 saturated carbocycles. The van der Waals surface area contributed by atoms with Crippen LogP contribution in [0.3, 0.4) is 0 Å². The topological polar surface area (TPSA) is 65.1 Å². The summed E-state index contributed by atoms with van der Waals surface area (Å²) in [7, 11) is 3.09. The van der Waals surface area contributed by atoms with E-state index in [1.165, 1.54) is 17.7 Å². The van der Waals surface area contributed by atoms with Crippen LogP contribution in [0, 0.1) is 5.82 Å². The summed E-state index contributed by atoms with van der Waals surface area (Å²) < 4.78 is 18.3. The minimum atomic E-state index is -0.396. The van der Waals surface area contributed by atoms with E-state index >= 15 is 0 Å². The number of hydrogen-bond acceptors (Lipinski definition) is 4. The fraction of sp³-hybridized carbons (Fsp3) is 0.353. The van der Waals surface area contributed by atoms with Gasteiger partial charge in [0.15, 0.2) is 11.2 Å². The molecule has 0 atom stereocenters. The van der Waals surface area contributed by atoms with Crippen molar-refractivity contribution >= 4 is 33.0 Å². The van der Waals surface area contributed by atoms with Crippen molar-refractivity contribution in [3.63, 3.8) is 0 Å². The lowest BCUT2D eigenvalue weighted by atomic mass is 10.2. The summed E-state index contributed by atoms with van der Waals surface area (Å²) in [6, 6.07) is 4.90. The fourth-order valence-corrected chi connectivity index (χ4v) is 3.84. The van der Waals surface area contributed by atoms with Crippen LogP contribution in [-0.4, -0.2) is 25.2 Å². The van der Waals surface area contributed by atoms with Gasteiger partial charge < -0.3 is 9.47 Å². The first-order chi connectivity index (χ1) is 12.4. The molecule has 26 heavy (non-hydrogen) atoms. The van der Waals surface area contributed by atoms with Crippen LogP contribution < -0.4 is 16.1 Å². The van der Waals surface area contributed by atoms with Crippen LogP contribution in [0.2, 0.25) is 0 Å². The lowest BCUT2D eigenvalue weighted by molar-refractivity contribution is 0.561. The molecule has 2 aromatic heterocycles. The van der Waals surface area contributed by atoms with Crippen molar-refractivity contribution in [3.8, 4) is 0 Å². The van der Waals surface area contributed by atoms with Crippen molar-refractivity contribution in [3.05, 3.63) is 54.9 Å². The van der Waals surface area contributed by atoms with Crippen LogP contribution in [0.4, 0.5) is 10.3 Å². The van der Waals surface area contributed by atoms with Crippen molar-refractivity contribution in [2.24, 2.45) is 14.1 Å². The van der Waals surface area contributed by atoms with Crippen LogP contribution in [-0.2, 0) is 27.2 Å². The van der Waals surface area contributed by atoms with Crippen molar-refractivity contribution in [2.75, 3.05) is 11.4 Å². The van der Waals surface area contributed by atoms with Crippen molar-refractivity contribution in [1.29, 1.82) is 0 Å². The van der Waals surface area contributed by atoms with Crippen molar-refractivity contribution in [1.82, 2.24) is 18.7 Å². The second-order valence-electron chi connectivity index (χ2n) is 6.46. The van der Waals surface area contributed by atoms with Gasteiger partial charge in [0.05, 0.1) is 4.47 Å². The van der Waals surface area contributed by atoms with Crippen LogP contribution in [0.25, 0.3) is 11.2 Å². The summed E-state index contributed by atoms with van der Waals surface area (Å²) in [5.74, 6) is 0.350. The summed E-state index contributed by atoms with van der Waals surface area (Å²) in [5, 5.41) is 0. The van der Waals surface area contributed by atoms with Gasteiger partial charge in [0.25, 0.3) is 5.56 Å². The molecule has 3 heterocycles. The molecule has 0 saturated heterocycles. The largest absolute Gasteiger partial charge is 0.338 e. The third-order valence-corrected chi connectivity index (χ3v) is 5.39. The Labute approximate surface area is 156 Å². The zero-order valence-electron chi connectivity index (χ0n) is 14.4. The van der Waals surface area contributed by atoms with Gasteiger partial charge in [-0.1, -0.05) is 6.07 Å². The Morgan fingerprint density at radius 2 is 1.96 bits per heavy atom. The number of anilines is 1. The van der Waals surface area contributed by atoms with Crippen LogP contribution in [0.1, 0.15) is 12.0 Å². The molecule has 1 aromatic carbocycles. The molecule has 0 fully saturated rings. The fourth-order valence-electron chi connectivity index (χ4n) is 3.42. The van der Waals surface area contributed by atoms with E-state index in [0.717, 1.165) is 23.1 Å².